The Morgan fingerprint density at radius 3 is 2.54 bits per heavy atom. The van der Waals surface area contributed by atoms with Crippen molar-refractivity contribution in [3.05, 3.63) is 71.2 Å². The number of benzene rings is 1. The largest absolute Gasteiger partial charge is 0.496 e. The minimum atomic E-state index is -0.475. The number of carbonyl (C=O) groups excluding carboxylic acids is 2. The monoisotopic (exact) mass is 380 g/mol. The molecule has 2 heterocycles. The first kappa shape index (κ1) is 19.1. The van der Waals surface area contributed by atoms with Crippen LogP contribution in [-0.2, 0) is 6.42 Å². The summed E-state index contributed by atoms with van der Waals surface area (Å²) in [5, 5.41) is 9.07. The molecule has 2 N–H and O–H groups in total. The first-order valence-corrected chi connectivity index (χ1v) is 8.68. The molecule has 2 aromatic heterocycles. The predicted octanol–water partition coefficient (Wildman–Crippen LogP) is 2.61. The molecule has 0 aliphatic carbocycles. The van der Waals surface area contributed by atoms with Gasteiger partial charge in [0.25, 0.3) is 11.8 Å². The van der Waals surface area contributed by atoms with Gasteiger partial charge in [-0.15, -0.1) is 0 Å². The van der Waals surface area contributed by atoms with Gasteiger partial charge in [-0.05, 0) is 37.1 Å². The van der Waals surface area contributed by atoms with Crippen molar-refractivity contribution in [3.63, 3.8) is 0 Å². The lowest BCUT2D eigenvalue weighted by Crippen LogP contribution is -2.27. The minimum Gasteiger partial charge on any atom is -0.496 e. The summed E-state index contributed by atoms with van der Waals surface area (Å²) in [6, 6.07) is 13.9. The van der Waals surface area contributed by atoms with E-state index in [-0.39, 0.29) is 23.1 Å². The highest BCUT2D eigenvalue weighted by Gasteiger charge is 2.14. The zero-order chi connectivity index (χ0) is 19.9. The molecule has 144 valence electrons. The maximum Gasteiger partial charge on any atom is 0.275 e. The molecule has 8 nitrogen and oxygen atoms in total. The molecule has 0 radical (unpaired) electrons. The van der Waals surface area contributed by atoms with Crippen molar-refractivity contribution in [2.45, 2.75) is 13.3 Å². The number of hydrogen-bond donors (Lipinski definition) is 2. The van der Waals surface area contributed by atoms with E-state index in [0.29, 0.717) is 18.7 Å². The summed E-state index contributed by atoms with van der Waals surface area (Å²) in [5.41, 5.74) is 1.26. The Balaban J connectivity index is 1.59. The van der Waals surface area contributed by atoms with E-state index in [1.54, 1.807) is 32.2 Å². The first-order chi connectivity index (χ1) is 13.6. The van der Waals surface area contributed by atoms with Crippen LogP contribution in [0.3, 0.4) is 0 Å². The molecule has 0 aliphatic rings. The zero-order valence-corrected chi connectivity index (χ0v) is 15.6. The van der Waals surface area contributed by atoms with Crippen LogP contribution >= 0.6 is 0 Å². The van der Waals surface area contributed by atoms with Crippen molar-refractivity contribution in [1.82, 2.24) is 15.5 Å². The van der Waals surface area contributed by atoms with E-state index in [1.807, 2.05) is 24.3 Å². The lowest BCUT2D eigenvalue weighted by atomic mass is 10.1. The Hall–Kier alpha value is -3.68. The first-order valence-electron chi connectivity index (χ1n) is 8.68. The third-order valence-corrected chi connectivity index (χ3v) is 3.96. The van der Waals surface area contributed by atoms with Crippen LogP contribution in [0.25, 0.3) is 0 Å². The van der Waals surface area contributed by atoms with Gasteiger partial charge in [0.05, 0.1) is 7.11 Å². The number of amides is 2. The maximum atomic E-state index is 12.4. The number of carbonyl (C=O) groups is 2. The Bertz CT molecular complexity index is 984. The molecule has 8 heteroatoms. The van der Waals surface area contributed by atoms with Gasteiger partial charge in [0.1, 0.15) is 22.9 Å². The Labute approximate surface area is 161 Å². The van der Waals surface area contributed by atoms with Crippen LogP contribution in [0, 0.1) is 6.92 Å². The summed E-state index contributed by atoms with van der Waals surface area (Å²) in [6.45, 7) is 2.13. The number of hydrogen-bond acceptors (Lipinski definition) is 6. The second-order valence-corrected chi connectivity index (χ2v) is 6.00. The lowest BCUT2D eigenvalue weighted by molar-refractivity contribution is 0.0949. The van der Waals surface area contributed by atoms with Gasteiger partial charge >= 0.3 is 0 Å². The van der Waals surface area contributed by atoms with E-state index < -0.39 is 5.91 Å². The average Bonchev–Trinajstić information content (AvgIpc) is 3.13. The SMILES string of the molecule is COc1ccccc1CCNC(=O)c1cccc(C(=O)Nc2cc(C)on2)n1. The number of aromatic nitrogens is 2. The second-order valence-electron chi connectivity index (χ2n) is 6.00. The average molecular weight is 380 g/mol. The third kappa shape index (κ3) is 4.73. The van der Waals surface area contributed by atoms with Gasteiger partial charge in [-0.1, -0.05) is 29.4 Å². The fourth-order valence-corrected chi connectivity index (χ4v) is 2.60. The van der Waals surface area contributed by atoms with Crippen molar-refractivity contribution in [3.8, 4) is 5.75 Å². The summed E-state index contributed by atoms with van der Waals surface area (Å²) < 4.78 is 10.2. The van der Waals surface area contributed by atoms with Gasteiger partial charge in [-0.2, -0.15) is 0 Å². The number of nitrogens with zero attached hydrogens (tertiary/aromatic N) is 2. The standard InChI is InChI=1S/C20H20N4O4/c1-13-12-18(24-28-13)23-20(26)16-8-5-7-15(22-16)19(25)21-11-10-14-6-3-4-9-17(14)27-2/h3-9,12H,10-11H2,1-2H3,(H,21,25)(H,23,24,26). The van der Waals surface area contributed by atoms with Crippen molar-refractivity contribution >= 4 is 17.6 Å². The number of pyridine rings is 1. The number of ether oxygens (including phenoxy) is 1. The highest BCUT2D eigenvalue weighted by atomic mass is 16.5. The number of nitrogens with one attached hydrogen (secondary N) is 2. The van der Waals surface area contributed by atoms with Crippen molar-refractivity contribution < 1.29 is 18.8 Å². The summed E-state index contributed by atoms with van der Waals surface area (Å²) in [5.74, 6) is 0.804. The van der Waals surface area contributed by atoms with Crippen molar-refractivity contribution in [2.75, 3.05) is 19.0 Å². The molecule has 3 rings (SSSR count). The molecular formula is C20H20N4O4. The summed E-state index contributed by atoms with van der Waals surface area (Å²) in [6.07, 6.45) is 0.613. The van der Waals surface area contributed by atoms with E-state index in [9.17, 15) is 9.59 Å². The van der Waals surface area contributed by atoms with E-state index in [2.05, 4.69) is 20.8 Å². The summed E-state index contributed by atoms with van der Waals surface area (Å²) in [7, 11) is 1.61. The molecule has 0 fully saturated rings. The second kappa shape index (κ2) is 8.81. The molecule has 28 heavy (non-hydrogen) atoms. The molecular weight excluding hydrogens is 360 g/mol. The Morgan fingerprint density at radius 1 is 1.07 bits per heavy atom. The number of para-hydroxylation sites is 1. The van der Waals surface area contributed by atoms with Crippen molar-refractivity contribution in [1.29, 1.82) is 0 Å². The zero-order valence-electron chi connectivity index (χ0n) is 15.6. The quantitative estimate of drug-likeness (QED) is 0.653. The molecule has 0 unspecified atom stereocenters. The molecule has 0 saturated heterocycles. The van der Waals surface area contributed by atoms with Crippen LogP contribution in [0.5, 0.6) is 5.75 Å². The predicted molar refractivity (Wildman–Crippen MR) is 102 cm³/mol. The summed E-state index contributed by atoms with van der Waals surface area (Å²) in [4.78, 5) is 28.8. The molecule has 0 spiro atoms. The molecule has 0 atom stereocenters. The molecule has 3 aromatic rings. The van der Waals surface area contributed by atoms with E-state index in [4.69, 9.17) is 9.26 Å². The maximum absolute atomic E-state index is 12.4. The number of anilines is 1. The van der Waals surface area contributed by atoms with Gasteiger partial charge in [0, 0.05) is 12.6 Å². The van der Waals surface area contributed by atoms with Gasteiger partial charge < -0.3 is 19.9 Å². The molecule has 1 aromatic carbocycles. The van der Waals surface area contributed by atoms with E-state index in [1.165, 1.54) is 6.07 Å². The molecule has 2 amide bonds. The topological polar surface area (TPSA) is 106 Å². The van der Waals surface area contributed by atoms with Crippen LogP contribution in [0.15, 0.2) is 53.1 Å². The molecule has 0 bridgehead atoms. The van der Waals surface area contributed by atoms with E-state index in [0.717, 1.165) is 11.3 Å². The number of methoxy groups -OCH3 is 1. The molecule has 0 saturated carbocycles. The van der Waals surface area contributed by atoms with Crippen molar-refractivity contribution in [2.24, 2.45) is 0 Å². The Morgan fingerprint density at radius 2 is 1.82 bits per heavy atom. The van der Waals surface area contributed by atoms with Gasteiger partial charge in [-0.25, -0.2) is 4.98 Å². The van der Waals surface area contributed by atoms with Crippen LogP contribution < -0.4 is 15.4 Å². The van der Waals surface area contributed by atoms with Gasteiger partial charge in [-0.3, -0.25) is 9.59 Å². The fraction of sp³-hybridized carbons (Fsp3) is 0.200. The highest BCUT2D eigenvalue weighted by Crippen LogP contribution is 2.17. The Kier molecular flexibility index (Phi) is 6.01. The summed E-state index contributed by atoms with van der Waals surface area (Å²) >= 11 is 0. The fourth-order valence-electron chi connectivity index (χ4n) is 2.60. The van der Waals surface area contributed by atoms with Crippen LogP contribution in [-0.4, -0.2) is 35.6 Å². The highest BCUT2D eigenvalue weighted by molar-refractivity contribution is 6.03. The smallest absolute Gasteiger partial charge is 0.275 e. The van der Waals surface area contributed by atoms with Crippen LogP contribution in [0.1, 0.15) is 32.3 Å². The lowest BCUT2D eigenvalue weighted by Gasteiger charge is -2.09. The third-order valence-electron chi connectivity index (χ3n) is 3.96. The normalized spacial score (nSPS) is 10.4. The van der Waals surface area contributed by atoms with Crippen LogP contribution in [0.2, 0.25) is 0 Å². The number of rotatable bonds is 7. The van der Waals surface area contributed by atoms with Crippen LogP contribution in [0.4, 0.5) is 5.82 Å². The van der Waals surface area contributed by atoms with E-state index >= 15 is 0 Å². The molecule has 0 aliphatic heterocycles. The van der Waals surface area contributed by atoms with Gasteiger partial charge in [0.15, 0.2) is 5.82 Å². The number of aryl methyl sites for hydroxylation is 1. The van der Waals surface area contributed by atoms with Gasteiger partial charge in [0.2, 0.25) is 0 Å². The minimum absolute atomic E-state index is 0.109.